The maximum Gasteiger partial charge on any atom is 0.327 e. The topological polar surface area (TPSA) is 3.24 Å². The molecular formula is C19H23BBrN. The molecule has 2 aliphatic heterocycles. The van der Waals surface area contributed by atoms with E-state index in [1.165, 1.54) is 46.9 Å². The van der Waals surface area contributed by atoms with E-state index in [4.69, 9.17) is 0 Å². The lowest BCUT2D eigenvalue weighted by atomic mass is 9.56. The summed E-state index contributed by atoms with van der Waals surface area (Å²) < 4.78 is 1.27. The molecule has 0 aromatic heterocycles. The van der Waals surface area contributed by atoms with Crippen molar-refractivity contribution in [2.45, 2.75) is 39.5 Å². The van der Waals surface area contributed by atoms with Crippen molar-refractivity contribution in [2.24, 2.45) is 5.92 Å². The molecule has 1 aromatic rings. The van der Waals surface area contributed by atoms with E-state index >= 15 is 0 Å². The molecule has 0 N–H and O–H groups in total. The Hall–Kier alpha value is -1.22. The lowest BCUT2D eigenvalue weighted by molar-refractivity contribution is 0.522. The van der Waals surface area contributed by atoms with Gasteiger partial charge in [0.2, 0.25) is 0 Å². The zero-order chi connectivity index (χ0) is 15.5. The molecule has 2 aliphatic rings. The summed E-state index contributed by atoms with van der Waals surface area (Å²) in [6.45, 7) is 4.89. The molecule has 1 aromatic carbocycles. The Kier molecular flexibility index (Phi) is 4.92. The second-order valence-electron chi connectivity index (χ2n) is 6.18. The van der Waals surface area contributed by atoms with Gasteiger partial charge in [-0.1, -0.05) is 78.9 Å². The maximum atomic E-state index is 3.82. The number of rotatable bonds is 5. The van der Waals surface area contributed by atoms with Crippen molar-refractivity contribution in [1.29, 1.82) is 0 Å². The summed E-state index contributed by atoms with van der Waals surface area (Å²) in [4.78, 5) is 2.42. The van der Waals surface area contributed by atoms with E-state index < -0.39 is 0 Å². The molecule has 0 amide bonds. The Morgan fingerprint density at radius 2 is 2.05 bits per heavy atom. The molecule has 114 valence electrons. The average molecular weight is 356 g/mol. The summed E-state index contributed by atoms with van der Waals surface area (Å²) in [5, 5.41) is 0. The Bertz CT molecular complexity index is 632. The molecule has 0 bridgehead atoms. The van der Waals surface area contributed by atoms with Crippen LogP contribution in [0, 0.1) is 5.92 Å². The molecule has 22 heavy (non-hydrogen) atoms. The Balaban J connectivity index is 1.95. The van der Waals surface area contributed by atoms with Gasteiger partial charge in [0.25, 0.3) is 0 Å². The van der Waals surface area contributed by atoms with Crippen LogP contribution in [0.2, 0.25) is 0 Å². The summed E-state index contributed by atoms with van der Waals surface area (Å²) in [5.74, 6) is 2.94. The van der Waals surface area contributed by atoms with Crippen LogP contribution in [0.25, 0.3) is 6.08 Å². The van der Waals surface area contributed by atoms with E-state index in [2.05, 4.69) is 83.2 Å². The highest BCUT2D eigenvalue weighted by Crippen LogP contribution is 2.37. The largest absolute Gasteiger partial charge is 0.382 e. The molecule has 1 nitrogen and oxygen atoms in total. The highest BCUT2D eigenvalue weighted by atomic mass is 79.9. The molecule has 0 saturated carbocycles. The van der Waals surface area contributed by atoms with Crippen LogP contribution in [-0.4, -0.2) is 6.85 Å². The highest BCUT2D eigenvalue weighted by Gasteiger charge is 2.31. The number of hydrogen-bond donors (Lipinski definition) is 0. The average Bonchev–Trinajstić information content (AvgIpc) is 2.55. The molecule has 1 atom stereocenters. The van der Waals surface area contributed by atoms with Gasteiger partial charge < -0.3 is 4.81 Å². The zero-order valence-electron chi connectivity index (χ0n) is 13.4. The van der Waals surface area contributed by atoms with Crippen LogP contribution in [0.5, 0.6) is 0 Å². The number of nitrogens with zero attached hydrogens (tertiary/aromatic N) is 1. The van der Waals surface area contributed by atoms with Gasteiger partial charge in [0.05, 0.1) is 0 Å². The second-order valence-corrected chi connectivity index (χ2v) is 7.09. The first-order valence-corrected chi connectivity index (χ1v) is 9.18. The molecule has 3 rings (SSSR count). The van der Waals surface area contributed by atoms with Crippen molar-refractivity contribution >= 4 is 34.5 Å². The summed E-state index contributed by atoms with van der Waals surface area (Å²) in [6, 6.07) is 8.65. The number of hydrogen-bond acceptors (Lipinski definition) is 1. The predicted molar refractivity (Wildman–Crippen MR) is 102 cm³/mol. The van der Waals surface area contributed by atoms with E-state index in [1.54, 1.807) is 0 Å². The molecular weight excluding hydrogens is 333 g/mol. The van der Waals surface area contributed by atoms with Crippen LogP contribution >= 0.6 is 15.9 Å². The lowest BCUT2D eigenvalue weighted by Crippen LogP contribution is -2.39. The molecule has 0 saturated heterocycles. The highest BCUT2D eigenvalue weighted by molar-refractivity contribution is 9.12. The molecule has 0 aliphatic carbocycles. The number of halogens is 1. The van der Waals surface area contributed by atoms with Crippen molar-refractivity contribution in [3.8, 4) is 0 Å². The lowest BCUT2D eigenvalue weighted by Gasteiger charge is -2.35. The number of fused-ring (bicyclic) bond motifs is 3. The van der Waals surface area contributed by atoms with Crippen molar-refractivity contribution in [3.05, 3.63) is 58.0 Å². The molecule has 1 unspecified atom stereocenters. The van der Waals surface area contributed by atoms with Gasteiger partial charge in [0.1, 0.15) is 0 Å². The van der Waals surface area contributed by atoms with Crippen molar-refractivity contribution in [3.63, 3.8) is 0 Å². The van der Waals surface area contributed by atoms with Gasteiger partial charge >= 0.3 is 6.85 Å². The van der Waals surface area contributed by atoms with Crippen LogP contribution in [-0.2, 0) is 0 Å². The number of allylic oxidation sites excluding steroid dienone is 2. The normalized spacial score (nSPS) is 17.6. The van der Waals surface area contributed by atoms with E-state index in [-0.39, 0.29) is 0 Å². The minimum Gasteiger partial charge on any atom is -0.382 e. The van der Waals surface area contributed by atoms with Crippen LogP contribution in [0.4, 0.5) is 5.69 Å². The fourth-order valence-electron chi connectivity index (χ4n) is 3.40. The van der Waals surface area contributed by atoms with Gasteiger partial charge in [0.15, 0.2) is 0 Å². The van der Waals surface area contributed by atoms with E-state index in [0.29, 0.717) is 12.8 Å². The fraction of sp³-hybridized carbons (Fsp3) is 0.368. The zero-order valence-corrected chi connectivity index (χ0v) is 15.0. The number of unbranched alkanes of at least 4 members (excludes halogenated alkanes) is 1. The molecule has 0 radical (unpaired) electrons. The van der Waals surface area contributed by atoms with Gasteiger partial charge in [0, 0.05) is 5.69 Å². The standard InChI is InChI=1S/C19H23BBrN/c1-3-5-8-15(4-2)17-13-19(21)20-12-11-16-9-6-7-10-18(16)22(20)14-17/h6-7,9-15H,3-5,8H2,1-2H3. The van der Waals surface area contributed by atoms with E-state index in [9.17, 15) is 0 Å². The Morgan fingerprint density at radius 3 is 2.82 bits per heavy atom. The number of anilines is 1. The summed E-state index contributed by atoms with van der Waals surface area (Å²) in [5.41, 5.74) is 4.07. The van der Waals surface area contributed by atoms with Crippen molar-refractivity contribution < 1.29 is 0 Å². The third-order valence-corrected chi connectivity index (χ3v) is 5.42. The fourth-order valence-corrected chi connectivity index (χ4v) is 4.04. The first-order valence-electron chi connectivity index (χ1n) is 8.39. The van der Waals surface area contributed by atoms with Gasteiger partial charge in [-0.25, -0.2) is 0 Å². The second kappa shape index (κ2) is 6.91. The van der Waals surface area contributed by atoms with Gasteiger partial charge in [-0.3, -0.25) is 0 Å². The first kappa shape index (κ1) is 15.7. The third kappa shape index (κ3) is 2.96. The van der Waals surface area contributed by atoms with E-state index in [0.717, 1.165) is 0 Å². The first-order chi connectivity index (χ1) is 10.7. The number of benzene rings is 1. The minimum atomic E-state index is 0.308. The van der Waals surface area contributed by atoms with Crippen LogP contribution in [0.15, 0.2) is 52.5 Å². The van der Waals surface area contributed by atoms with Crippen LogP contribution in [0.1, 0.15) is 45.1 Å². The van der Waals surface area contributed by atoms with Gasteiger partial charge in [-0.2, -0.15) is 0 Å². The summed E-state index contributed by atoms with van der Waals surface area (Å²) in [6.07, 6.45) is 12.0. The summed E-state index contributed by atoms with van der Waals surface area (Å²) >= 11 is 3.82. The molecule has 0 spiro atoms. The van der Waals surface area contributed by atoms with Gasteiger partial charge in [-0.05, 0) is 46.5 Å². The SMILES string of the molecule is CCCCC(CC)C1=CN2B(C=Cc3ccccc32)C(Br)=C1. The van der Waals surface area contributed by atoms with Crippen molar-refractivity contribution in [2.75, 3.05) is 4.81 Å². The van der Waals surface area contributed by atoms with E-state index in [1.807, 2.05) is 0 Å². The third-order valence-electron chi connectivity index (χ3n) is 4.72. The maximum absolute atomic E-state index is 3.82. The minimum absolute atomic E-state index is 0.308. The quantitative estimate of drug-likeness (QED) is 0.587. The molecule has 2 heterocycles. The monoisotopic (exact) mass is 355 g/mol. The van der Waals surface area contributed by atoms with Crippen LogP contribution in [0.3, 0.4) is 0 Å². The predicted octanol–water partition coefficient (Wildman–Crippen LogP) is 5.98. The smallest absolute Gasteiger partial charge is 0.327 e. The Morgan fingerprint density at radius 1 is 1.23 bits per heavy atom. The van der Waals surface area contributed by atoms with Gasteiger partial charge in [-0.15, -0.1) is 0 Å². The van der Waals surface area contributed by atoms with Crippen LogP contribution < -0.4 is 4.81 Å². The Labute approximate surface area is 143 Å². The molecule has 3 heteroatoms. The molecule has 0 fully saturated rings. The number of para-hydroxylation sites is 1. The van der Waals surface area contributed by atoms with Crippen molar-refractivity contribution in [1.82, 2.24) is 0 Å². The summed E-state index contributed by atoms with van der Waals surface area (Å²) in [7, 11) is 0.